The van der Waals surface area contributed by atoms with Crippen LogP contribution in [0.5, 0.6) is 0 Å². The van der Waals surface area contributed by atoms with E-state index in [0.717, 1.165) is 18.7 Å². The van der Waals surface area contributed by atoms with E-state index in [0.29, 0.717) is 56.2 Å². The van der Waals surface area contributed by atoms with Crippen LogP contribution in [0.4, 0.5) is 0 Å². The van der Waals surface area contributed by atoms with Gasteiger partial charge in [0.15, 0.2) is 0 Å². The highest BCUT2D eigenvalue weighted by Gasteiger charge is 2.27. The molecule has 0 atom stereocenters. The molecule has 2 aliphatic heterocycles. The molecule has 2 aromatic rings. The Morgan fingerprint density at radius 3 is 2.41 bits per heavy atom. The van der Waals surface area contributed by atoms with Crippen LogP contribution in [0.3, 0.4) is 0 Å². The first-order valence-electron chi connectivity index (χ1n) is 10.0. The van der Waals surface area contributed by atoms with E-state index in [2.05, 4.69) is 15.0 Å². The third kappa shape index (κ3) is 4.27. The van der Waals surface area contributed by atoms with Gasteiger partial charge in [-0.3, -0.25) is 14.6 Å². The molecular formula is C21H25N5O3. The largest absolute Gasteiger partial charge is 0.378 e. The Bertz CT molecular complexity index is 875. The summed E-state index contributed by atoms with van der Waals surface area (Å²) >= 11 is 0. The minimum atomic E-state index is -0.0331. The van der Waals surface area contributed by atoms with E-state index in [4.69, 9.17) is 4.74 Å². The SMILES string of the molecule is Cc1nc(C2CCN(C(=O)c3cccnc3)CC2)ncc1C(=O)N1CCOCC1. The van der Waals surface area contributed by atoms with Crippen molar-refractivity contribution in [1.29, 1.82) is 0 Å². The average molecular weight is 395 g/mol. The van der Waals surface area contributed by atoms with Gasteiger partial charge in [0, 0.05) is 50.7 Å². The number of aryl methyl sites for hydroxylation is 1. The average Bonchev–Trinajstić information content (AvgIpc) is 2.79. The van der Waals surface area contributed by atoms with Gasteiger partial charge in [-0.25, -0.2) is 9.97 Å². The van der Waals surface area contributed by atoms with E-state index in [-0.39, 0.29) is 17.7 Å². The second-order valence-corrected chi connectivity index (χ2v) is 7.44. The quantitative estimate of drug-likeness (QED) is 0.786. The van der Waals surface area contributed by atoms with Gasteiger partial charge in [0.2, 0.25) is 0 Å². The maximum absolute atomic E-state index is 12.7. The summed E-state index contributed by atoms with van der Waals surface area (Å²) in [5.41, 5.74) is 1.88. The van der Waals surface area contributed by atoms with Crippen LogP contribution in [0.25, 0.3) is 0 Å². The molecule has 4 rings (SSSR count). The molecule has 0 radical (unpaired) electrons. The van der Waals surface area contributed by atoms with Crippen LogP contribution >= 0.6 is 0 Å². The van der Waals surface area contributed by atoms with Crippen LogP contribution in [-0.4, -0.2) is 76.0 Å². The summed E-state index contributed by atoms with van der Waals surface area (Å²) in [7, 11) is 0. The Labute approximate surface area is 169 Å². The number of morpholine rings is 1. The number of amides is 2. The Morgan fingerprint density at radius 1 is 1.03 bits per heavy atom. The summed E-state index contributed by atoms with van der Waals surface area (Å²) in [6.45, 7) is 5.53. The summed E-state index contributed by atoms with van der Waals surface area (Å²) in [4.78, 5) is 42.1. The van der Waals surface area contributed by atoms with Crippen molar-refractivity contribution in [2.75, 3.05) is 39.4 Å². The van der Waals surface area contributed by atoms with E-state index in [1.807, 2.05) is 11.8 Å². The standard InChI is InChI=1S/C21H25N5O3/c1-15-18(21(28)26-9-11-29-12-10-26)14-23-19(24-15)16-4-7-25(8-5-16)20(27)17-3-2-6-22-13-17/h2-3,6,13-14,16H,4-5,7-12H2,1H3. The Kier molecular flexibility index (Phi) is 5.80. The lowest BCUT2D eigenvalue weighted by atomic mass is 9.95. The van der Waals surface area contributed by atoms with E-state index in [1.54, 1.807) is 35.6 Å². The first-order chi connectivity index (χ1) is 14.1. The number of likely N-dealkylation sites (tertiary alicyclic amines) is 1. The molecule has 0 N–H and O–H groups in total. The molecule has 2 fully saturated rings. The van der Waals surface area contributed by atoms with Crippen molar-refractivity contribution in [2.24, 2.45) is 0 Å². The number of carbonyl (C=O) groups is 2. The highest BCUT2D eigenvalue weighted by molar-refractivity contribution is 5.95. The van der Waals surface area contributed by atoms with Crippen molar-refractivity contribution in [2.45, 2.75) is 25.7 Å². The van der Waals surface area contributed by atoms with E-state index in [9.17, 15) is 9.59 Å². The molecule has 29 heavy (non-hydrogen) atoms. The molecule has 8 heteroatoms. The minimum Gasteiger partial charge on any atom is -0.378 e. The van der Waals surface area contributed by atoms with Gasteiger partial charge in [-0.15, -0.1) is 0 Å². The van der Waals surface area contributed by atoms with E-state index in [1.165, 1.54) is 0 Å². The van der Waals surface area contributed by atoms with Gasteiger partial charge >= 0.3 is 0 Å². The van der Waals surface area contributed by atoms with Crippen molar-refractivity contribution in [1.82, 2.24) is 24.8 Å². The van der Waals surface area contributed by atoms with Crippen LogP contribution in [0.15, 0.2) is 30.7 Å². The molecule has 0 spiro atoms. The third-order valence-corrected chi connectivity index (χ3v) is 5.58. The number of aromatic nitrogens is 3. The molecule has 0 aliphatic carbocycles. The van der Waals surface area contributed by atoms with Gasteiger partial charge in [0.25, 0.3) is 11.8 Å². The van der Waals surface area contributed by atoms with Crippen LogP contribution in [-0.2, 0) is 4.74 Å². The number of carbonyl (C=O) groups excluding carboxylic acids is 2. The lowest BCUT2D eigenvalue weighted by Gasteiger charge is -2.31. The van der Waals surface area contributed by atoms with Crippen molar-refractivity contribution in [3.05, 3.63) is 53.4 Å². The molecule has 4 heterocycles. The predicted octanol–water partition coefficient (Wildman–Crippen LogP) is 1.67. The van der Waals surface area contributed by atoms with Crippen molar-refractivity contribution in [3.63, 3.8) is 0 Å². The molecule has 0 bridgehead atoms. The summed E-state index contributed by atoms with van der Waals surface area (Å²) in [5, 5.41) is 0. The molecule has 2 aliphatic rings. The summed E-state index contributed by atoms with van der Waals surface area (Å²) < 4.78 is 5.31. The molecule has 8 nitrogen and oxygen atoms in total. The smallest absolute Gasteiger partial charge is 0.257 e. The zero-order valence-corrected chi connectivity index (χ0v) is 16.6. The van der Waals surface area contributed by atoms with Gasteiger partial charge in [0.1, 0.15) is 5.82 Å². The molecular weight excluding hydrogens is 370 g/mol. The number of hydrogen-bond donors (Lipinski definition) is 0. The summed E-state index contributed by atoms with van der Waals surface area (Å²) in [6.07, 6.45) is 6.54. The highest BCUT2D eigenvalue weighted by Crippen LogP contribution is 2.27. The number of rotatable bonds is 3. The lowest BCUT2D eigenvalue weighted by Crippen LogP contribution is -2.41. The first kappa shape index (κ1) is 19.4. The summed E-state index contributed by atoms with van der Waals surface area (Å²) in [6, 6.07) is 3.56. The number of hydrogen-bond acceptors (Lipinski definition) is 6. The van der Waals surface area contributed by atoms with Crippen molar-refractivity contribution in [3.8, 4) is 0 Å². The maximum atomic E-state index is 12.7. The molecule has 152 valence electrons. The predicted molar refractivity (Wildman–Crippen MR) is 106 cm³/mol. The van der Waals surface area contributed by atoms with Gasteiger partial charge < -0.3 is 14.5 Å². The zero-order valence-electron chi connectivity index (χ0n) is 16.6. The lowest BCUT2D eigenvalue weighted by molar-refractivity contribution is 0.0301. The normalized spacial score (nSPS) is 18.0. The fraction of sp³-hybridized carbons (Fsp3) is 0.476. The molecule has 2 amide bonds. The van der Waals surface area contributed by atoms with Crippen molar-refractivity contribution < 1.29 is 14.3 Å². The second-order valence-electron chi connectivity index (χ2n) is 7.44. The monoisotopic (exact) mass is 395 g/mol. The van der Waals surface area contributed by atoms with Gasteiger partial charge in [-0.2, -0.15) is 0 Å². The minimum absolute atomic E-state index is 0.0140. The maximum Gasteiger partial charge on any atom is 0.257 e. The third-order valence-electron chi connectivity index (χ3n) is 5.58. The molecule has 0 aromatic carbocycles. The molecule has 2 aromatic heterocycles. The fourth-order valence-electron chi connectivity index (χ4n) is 3.84. The molecule has 0 unspecified atom stereocenters. The van der Waals surface area contributed by atoms with Gasteiger partial charge in [0.05, 0.1) is 30.0 Å². The number of pyridine rings is 1. The Morgan fingerprint density at radius 2 is 1.76 bits per heavy atom. The zero-order chi connectivity index (χ0) is 20.2. The van der Waals surface area contributed by atoms with Crippen molar-refractivity contribution >= 4 is 11.8 Å². The molecule has 0 saturated carbocycles. The number of nitrogens with zero attached hydrogens (tertiary/aromatic N) is 5. The van der Waals surface area contributed by atoms with E-state index >= 15 is 0 Å². The first-order valence-corrected chi connectivity index (χ1v) is 10.0. The number of piperidine rings is 1. The van der Waals surface area contributed by atoms with Crippen LogP contribution < -0.4 is 0 Å². The molecule has 2 saturated heterocycles. The topological polar surface area (TPSA) is 88.5 Å². The van der Waals surface area contributed by atoms with E-state index < -0.39 is 0 Å². The summed E-state index contributed by atoms with van der Waals surface area (Å²) in [5.74, 6) is 0.933. The van der Waals surface area contributed by atoms with Gasteiger partial charge in [-0.1, -0.05) is 0 Å². The van der Waals surface area contributed by atoms with Gasteiger partial charge in [-0.05, 0) is 31.9 Å². The van der Waals surface area contributed by atoms with Crippen LogP contribution in [0, 0.1) is 6.92 Å². The second kappa shape index (κ2) is 8.65. The fourth-order valence-corrected chi connectivity index (χ4v) is 3.84. The van der Waals surface area contributed by atoms with Crippen LogP contribution in [0.1, 0.15) is 51.0 Å². The number of ether oxygens (including phenoxy) is 1. The highest BCUT2D eigenvalue weighted by atomic mass is 16.5. The van der Waals surface area contributed by atoms with Crippen LogP contribution in [0.2, 0.25) is 0 Å². The Hall–Kier alpha value is -2.87. The Balaban J connectivity index is 1.39.